The van der Waals surface area contributed by atoms with Crippen LogP contribution in [0.15, 0.2) is 36.5 Å². The van der Waals surface area contributed by atoms with Gasteiger partial charge < -0.3 is 9.91 Å². The van der Waals surface area contributed by atoms with E-state index < -0.39 is 0 Å². The van der Waals surface area contributed by atoms with Gasteiger partial charge in [-0.05, 0) is 55.7 Å². The minimum atomic E-state index is -0.298. The fourth-order valence-electron chi connectivity index (χ4n) is 4.69. The SMILES string of the molecule is CC1CCc2cc(F)ccc2N1N1CC2(CN(c3ccc(F)cn3)C2)C1. The molecule has 3 aliphatic heterocycles. The smallest absolute Gasteiger partial charge is 0.141 e. The van der Waals surface area contributed by atoms with E-state index in [0.717, 1.165) is 56.1 Å². The summed E-state index contributed by atoms with van der Waals surface area (Å²) in [5.41, 5.74) is 2.55. The fraction of sp³-hybridized carbons (Fsp3) is 0.450. The summed E-state index contributed by atoms with van der Waals surface area (Å²) in [6, 6.07) is 8.79. The third-order valence-corrected chi connectivity index (χ3v) is 5.97. The average Bonchev–Trinajstić information content (AvgIpc) is 2.55. The molecule has 0 amide bonds. The van der Waals surface area contributed by atoms with Crippen molar-refractivity contribution in [3.63, 3.8) is 0 Å². The number of halogens is 2. The number of pyridine rings is 1. The topological polar surface area (TPSA) is 22.6 Å². The largest absolute Gasteiger partial charge is 0.355 e. The molecule has 0 aliphatic carbocycles. The molecule has 0 N–H and O–H groups in total. The van der Waals surface area contributed by atoms with E-state index >= 15 is 0 Å². The molecule has 1 unspecified atom stereocenters. The molecule has 2 aromatic rings. The van der Waals surface area contributed by atoms with Gasteiger partial charge in [0.05, 0.1) is 11.9 Å². The van der Waals surface area contributed by atoms with Gasteiger partial charge in [0.2, 0.25) is 0 Å². The Morgan fingerprint density at radius 1 is 1.04 bits per heavy atom. The molecule has 136 valence electrons. The summed E-state index contributed by atoms with van der Waals surface area (Å²) in [6.07, 6.45) is 3.26. The molecule has 1 atom stereocenters. The van der Waals surface area contributed by atoms with Crippen LogP contribution in [0.2, 0.25) is 0 Å². The van der Waals surface area contributed by atoms with Crippen molar-refractivity contribution in [2.75, 3.05) is 36.1 Å². The summed E-state index contributed by atoms with van der Waals surface area (Å²) in [4.78, 5) is 6.38. The van der Waals surface area contributed by atoms with Crippen molar-refractivity contribution in [1.29, 1.82) is 0 Å². The normalized spacial score (nSPS) is 24.2. The molecule has 4 nitrogen and oxygen atoms in total. The number of nitrogens with zero attached hydrogens (tertiary/aromatic N) is 4. The van der Waals surface area contributed by atoms with Crippen molar-refractivity contribution in [2.24, 2.45) is 5.41 Å². The maximum atomic E-state index is 13.6. The van der Waals surface area contributed by atoms with Gasteiger partial charge in [-0.1, -0.05) is 0 Å². The van der Waals surface area contributed by atoms with Crippen LogP contribution in [0.3, 0.4) is 0 Å². The molecule has 4 heterocycles. The van der Waals surface area contributed by atoms with Crippen molar-refractivity contribution < 1.29 is 8.78 Å². The van der Waals surface area contributed by atoms with Crippen LogP contribution in [0.1, 0.15) is 18.9 Å². The zero-order valence-corrected chi connectivity index (χ0v) is 14.8. The van der Waals surface area contributed by atoms with E-state index in [2.05, 4.69) is 26.8 Å². The lowest BCUT2D eigenvalue weighted by molar-refractivity contribution is -0.0374. The molecule has 3 aliphatic rings. The van der Waals surface area contributed by atoms with Gasteiger partial charge in [-0.15, -0.1) is 0 Å². The van der Waals surface area contributed by atoms with Crippen molar-refractivity contribution in [3.8, 4) is 0 Å². The Kier molecular flexibility index (Phi) is 3.47. The quantitative estimate of drug-likeness (QED) is 0.824. The van der Waals surface area contributed by atoms with E-state index in [1.807, 2.05) is 6.07 Å². The Bertz CT molecular complexity index is 824. The van der Waals surface area contributed by atoms with Crippen molar-refractivity contribution >= 4 is 11.5 Å². The fourth-order valence-corrected chi connectivity index (χ4v) is 4.69. The van der Waals surface area contributed by atoms with E-state index in [0.29, 0.717) is 11.5 Å². The van der Waals surface area contributed by atoms with Crippen LogP contribution in [0.25, 0.3) is 0 Å². The highest BCUT2D eigenvalue weighted by Crippen LogP contribution is 2.44. The predicted molar refractivity (Wildman–Crippen MR) is 97.1 cm³/mol. The first kappa shape index (κ1) is 16.0. The average molecular weight is 356 g/mol. The molecule has 0 bridgehead atoms. The molecule has 5 rings (SSSR count). The predicted octanol–water partition coefficient (Wildman–Crippen LogP) is 3.24. The molecular formula is C20H22F2N4. The lowest BCUT2D eigenvalue weighted by Crippen LogP contribution is -2.76. The van der Waals surface area contributed by atoms with E-state index in [4.69, 9.17) is 0 Å². The Labute approximate surface area is 152 Å². The lowest BCUT2D eigenvalue weighted by atomic mass is 9.73. The number of hydrazine groups is 1. The molecular weight excluding hydrogens is 334 g/mol. The first-order valence-electron chi connectivity index (χ1n) is 9.22. The monoisotopic (exact) mass is 356 g/mol. The molecule has 2 saturated heterocycles. The van der Waals surface area contributed by atoms with Gasteiger partial charge in [-0.25, -0.2) is 18.8 Å². The Morgan fingerprint density at radius 3 is 2.54 bits per heavy atom. The Hall–Kier alpha value is -2.21. The highest BCUT2D eigenvalue weighted by molar-refractivity contribution is 5.56. The summed E-state index contributed by atoms with van der Waals surface area (Å²) in [7, 11) is 0. The first-order valence-corrected chi connectivity index (χ1v) is 9.22. The van der Waals surface area contributed by atoms with Crippen molar-refractivity contribution in [2.45, 2.75) is 25.8 Å². The minimum Gasteiger partial charge on any atom is -0.355 e. The molecule has 0 saturated carbocycles. The van der Waals surface area contributed by atoms with E-state index in [-0.39, 0.29) is 11.6 Å². The third-order valence-electron chi connectivity index (χ3n) is 5.97. The molecule has 2 fully saturated rings. The van der Waals surface area contributed by atoms with Gasteiger partial charge in [0.15, 0.2) is 0 Å². The van der Waals surface area contributed by atoms with Gasteiger partial charge >= 0.3 is 0 Å². The summed E-state index contributed by atoms with van der Waals surface area (Å²) >= 11 is 0. The molecule has 1 spiro atoms. The van der Waals surface area contributed by atoms with Gasteiger partial charge in [0.25, 0.3) is 0 Å². The second-order valence-corrected chi connectivity index (χ2v) is 8.02. The number of aryl methyl sites for hydroxylation is 1. The molecule has 1 aromatic heterocycles. The minimum absolute atomic E-state index is 0.153. The number of aromatic nitrogens is 1. The Balaban J connectivity index is 1.27. The zero-order valence-electron chi connectivity index (χ0n) is 14.8. The molecule has 26 heavy (non-hydrogen) atoms. The highest BCUT2D eigenvalue weighted by atomic mass is 19.1. The van der Waals surface area contributed by atoms with Crippen LogP contribution >= 0.6 is 0 Å². The van der Waals surface area contributed by atoms with E-state index in [1.165, 1.54) is 12.3 Å². The number of hydrogen-bond donors (Lipinski definition) is 0. The van der Waals surface area contributed by atoms with Crippen LogP contribution in [-0.2, 0) is 6.42 Å². The van der Waals surface area contributed by atoms with Crippen molar-refractivity contribution in [3.05, 3.63) is 53.7 Å². The maximum absolute atomic E-state index is 13.6. The Morgan fingerprint density at radius 2 is 1.81 bits per heavy atom. The maximum Gasteiger partial charge on any atom is 0.141 e. The number of fused-ring (bicyclic) bond motifs is 1. The third kappa shape index (κ3) is 2.47. The first-order chi connectivity index (χ1) is 12.5. The second-order valence-electron chi connectivity index (χ2n) is 8.02. The molecule has 1 aromatic carbocycles. The van der Waals surface area contributed by atoms with Gasteiger partial charge in [-0.3, -0.25) is 0 Å². The van der Waals surface area contributed by atoms with Crippen LogP contribution in [0.5, 0.6) is 0 Å². The second kappa shape index (κ2) is 5.64. The van der Waals surface area contributed by atoms with Crippen LogP contribution in [-0.4, -0.2) is 42.2 Å². The summed E-state index contributed by atoms with van der Waals surface area (Å²) in [5.74, 6) is 0.399. The van der Waals surface area contributed by atoms with E-state index in [1.54, 1.807) is 18.2 Å². The van der Waals surface area contributed by atoms with Crippen molar-refractivity contribution in [1.82, 2.24) is 9.99 Å². The lowest BCUT2D eigenvalue weighted by Gasteiger charge is -2.64. The number of rotatable bonds is 2. The summed E-state index contributed by atoms with van der Waals surface area (Å²) in [5, 5.41) is 4.76. The number of hydrogen-bond acceptors (Lipinski definition) is 4. The highest BCUT2D eigenvalue weighted by Gasteiger charge is 2.54. The van der Waals surface area contributed by atoms with Crippen LogP contribution in [0, 0.1) is 17.0 Å². The zero-order chi connectivity index (χ0) is 17.9. The van der Waals surface area contributed by atoms with Crippen LogP contribution in [0.4, 0.5) is 20.3 Å². The number of anilines is 2. The van der Waals surface area contributed by atoms with E-state index in [9.17, 15) is 8.78 Å². The summed E-state index contributed by atoms with van der Waals surface area (Å²) in [6.45, 7) is 6.17. The van der Waals surface area contributed by atoms with Gasteiger partial charge in [0, 0.05) is 37.6 Å². The molecule has 6 heteroatoms. The standard InChI is InChI=1S/C20H22F2N4/c1-14-2-3-15-8-16(21)4-6-18(15)26(14)25-12-20(13-25)10-24(11-20)19-7-5-17(22)9-23-19/h4-9,14H,2-3,10-13H2,1H3. The van der Waals surface area contributed by atoms with Crippen LogP contribution < -0.4 is 9.91 Å². The van der Waals surface area contributed by atoms with Gasteiger partial charge in [0.1, 0.15) is 17.5 Å². The van der Waals surface area contributed by atoms with Gasteiger partial charge in [-0.2, -0.15) is 0 Å². The molecule has 0 radical (unpaired) electrons. The number of benzene rings is 1. The summed E-state index contributed by atoms with van der Waals surface area (Å²) < 4.78 is 26.6.